The SMILES string of the molecule is O=C(O)c1ccc(CN2CCNS2(=O)=O)cc1. The summed E-state index contributed by atoms with van der Waals surface area (Å²) in [6.07, 6.45) is 0. The third-order valence-corrected chi connectivity index (χ3v) is 4.11. The highest BCUT2D eigenvalue weighted by Gasteiger charge is 2.27. The van der Waals surface area contributed by atoms with Gasteiger partial charge in [-0.15, -0.1) is 0 Å². The number of carboxylic acids is 1. The lowest BCUT2D eigenvalue weighted by Gasteiger charge is -2.13. The minimum absolute atomic E-state index is 0.191. The van der Waals surface area contributed by atoms with E-state index >= 15 is 0 Å². The summed E-state index contributed by atoms with van der Waals surface area (Å²) in [5, 5.41) is 8.73. The van der Waals surface area contributed by atoms with Crippen molar-refractivity contribution in [2.45, 2.75) is 6.54 Å². The molecule has 0 aromatic heterocycles. The summed E-state index contributed by atoms with van der Waals surface area (Å²) in [6, 6.07) is 6.18. The van der Waals surface area contributed by atoms with Crippen molar-refractivity contribution in [2.75, 3.05) is 13.1 Å². The summed E-state index contributed by atoms with van der Waals surface area (Å²) in [5.74, 6) is -0.994. The van der Waals surface area contributed by atoms with Crippen molar-refractivity contribution in [3.63, 3.8) is 0 Å². The molecule has 1 aliphatic heterocycles. The maximum Gasteiger partial charge on any atom is 0.335 e. The van der Waals surface area contributed by atoms with Gasteiger partial charge >= 0.3 is 5.97 Å². The van der Waals surface area contributed by atoms with Gasteiger partial charge in [-0.3, -0.25) is 0 Å². The number of carboxylic acid groups (broad SMARTS) is 1. The van der Waals surface area contributed by atoms with Crippen molar-refractivity contribution >= 4 is 16.2 Å². The van der Waals surface area contributed by atoms with E-state index in [1.807, 2.05) is 0 Å². The van der Waals surface area contributed by atoms with E-state index in [-0.39, 0.29) is 12.1 Å². The highest BCUT2D eigenvalue weighted by molar-refractivity contribution is 7.87. The number of nitrogens with zero attached hydrogens (tertiary/aromatic N) is 1. The Labute approximate surface area is 99.0 Å². The topological polar surface area (TPSA) is 86.7 Å². The van der Waals surface area contributed by atoms with Crippen molar-refractivity contribution < 1.29 is 18.3 Å². The fourth-order valence-corrected chi connectivity index (χ4v) is 2.81. The standard InChI is InChI=1S/C10H12N2O4S/c13-10(14)9-3-1-8(2-4-9)7-12-6-5-11-17(12,15)16/h1-4,11H,5-7H2,(H,13,14). The Morgan fingerprint density at radius 2 is 2.00 bits per heavy atom. The van der Waals surface area contributed by atoms with Crippen LogP contribution in [0, 0.1) is 0 Å². The van der Waals surface area contributed by atoms with E-state index in [0.29, 0.717) is 13.1 Å². The molecule has 0 spiro atoms. The minimum atomic E-state index is -3.34. The second-order valence-electron chi connectivity index (χ2n) is 3.74. The van der Waals surface area contributed by atoms with Crippen LogP contribution in [0.15, 0.2) is 24.3 Å². The first-order chi connectivity index (χ1) is 7.99. The van der Waals surface area contributed by atoms with E-state index < -0.39 is 16.2 Å². The molecular formula is C10H12N2O4S. The van der Waals surface area contributed by atoms with Crippen molar-refractivity contribution in [1.82, 2.24) is 9.03 Å². The molecule has 1 aliphatic rings. The zero-order valence-electron chi connectivity index (χ0n) is 8.96. The summed E-state index contributed by atoms with van der Waals surface area (Å²) in [4.78, 5) is 10.6. The lowest BCUT2D eigenvalue weighted by molar-refractivity contribution is 0.0697. The Morgan fingerprint density at radius 1 is 1.35 bits per heavy atom. The molecule has 7 heteroatoms. The molecule has 0 bridgehead atoms. The van der Waals surface area contributed by atoms with E-state index in [2.05, 4.69) is 4.72 Å². The summed E-state index contributed by atoms with van der Waals surface area (Å²) >= 11 is 0. The smallest absolute Gasteiger partial charge is 0.335 e. The molecule has 92 valence electrons. The van der Waals surface area contributed by atoms with Crippen LogP contribution in [0.1, 0.15) is 15.9 Å². The van der Waals surface area contributed by atoms with Gasteiger partial charge in [0.25, 0.3) is 10.2 Å². The van der Waals surface area contributed by atoms with Gasteiger partial charge in [0.1, 0.15) is 0 Å². The molecule has 2 N–H and O–H groups in total. The van der Waals surface area contributed by atoms with Crippen LogP contribution in [-0.4, -0.2) is 36.9 Å². The van der Waals surface area contributed by atoms with Gasteiger partial charge in [-0.25, -0.2) is 9.52 Å². The van der Waals surface area contributed by atoms with Crippen LogP contribution < -0.4 is 4.72 Å². The molecular weight excluding hydrogens is 244 g/mol. The fraction of sp³-hybridized carbons (Fsp3) is 0.300. The molecule has 0 atom stereocenters. The van der Waals surface area contributed by atoms with Crippen LogP contribution in [0.5, 0.6) is 0 Å². The first-order valence-electron chi connectivity index (χ1n) is 5.06. The number of aromatic carboxylic acids is 1. The maximum absolute atomic E-state index is 11.5. The molecule has 17 heavy (non-hydrogen) atoms. The van der Waals surface area contributed by atoms with E-state index in [1.54, 1.807) is 12.1 Å². The zero-order valence-corrected chi connectivity index (χ0v) is 9.77. The van der Waals surface area contributed by atoms with Crippen LogP contribution >= 0.6 is 0 Å². The van der Waals surface area contributed by atoms with Gasteiger partial charge in [-0.05, 0) is 17.7 Å². The number of rotatable bonds is 3. The number of benzene rings is 1. The van der Waals surface area contributed by atoms with Gasteiger partial charge in [-0.1, -0.05) is 12.1 Å². The minimum Gasteiger partial charge on any atom is -0.478 e. The highest BCUT2D eigenvalue weighted by atomic mass is 32.2. The number of carbonyl (C=O) groups is 1. The van der Waals surface area contributed by atoms with Gasteiger partial charge in [0, 0.05) is 19.6 Å². The molecule has 0 unspecified atom stereocenters. The maximum atomic E-state index is 11.5. The summed E-state index contributed by atoms with van der Waals surface area (Å²) in [7, 11) is -3.34. The largest absolute Gasteiger partial charge is 0.478 e. The van der Waals surface area contributed by atoms with E-state index in [1.165, 1.54) is 16.4 Å². The summed E-state index contributed by atoms with van der Waals surface area (Å²) in [6.45, 7) is 1.10. The Bertz CT molecular complexity index is 524. The Hall–Kier alpha value is -1.44. The van der Waals surface area contributed by atoms with Gasteiger partial charge in [0.05, 0.1) is 5.56 Å². The molecule has 0 amide bonds. The molecule has 2 rings (SSSR count). The highest BCUT2D eigenvalue weighted by Crippen LogP contribution is 2.12. The third-order valence-electron chi connectivity index (χ3n) is 2.55. The molecule has 1 aromatic carbocycles. The van der Waals surface area contributed by atoms with Crippen LogP contribution in [0.2, 0.25) is 0 Å². The van der Waals surface area contributed by atoms with Crippen molar-refractivity contribution in [3.8, 4) is 0 Å². The van der Waals surface area contributed by atoms with Crippen molar-refractivity contribution in [3.05, 3.63) is 35.4 Å². The lowest BCUT2D eigenvalue weighted by Crippen LogP contribution is -2.29. The molecule has 0 saturated carbocycles. The van der Waals surface area contributed by atoms with E-state index in [0.717, 1.165) is 5.56 Å². The van der Waals surface area contributed by atoms with Crippen LogP contribution in [0.3, 0.4) is 0 Å². The summed E-state index contributed by atoms with van der Waals surface area (Å²) in [5.41, 5.74) is 0.957. The Balaban J connectivity index is 2.12. The molecule has 6 nitrogen and oxygen atoms in total. The number of hydrogen-bond donors (Lipinski definition) is 2. The fourth-order valence-electron chi connectivity index (χ4n) is 1.63. The van der Waals surface area contributed by atoms with Gasteiger partial charge < -0.3 is 5.11 Å². The van der Waals surface area contributed by atoms with Gasteiger partial charge in [-0.2, -0.15) is 12.7 Å². The van der Waals surface area contributed by atoms with Crippen LogP contribution in [0.25, 0.3) is 0 Å². The molecule has 1 heterocycles. The Kier molecular flexibility index (Phi) is 3.14. The van der Waals surface area contributed by atoms with Gasteiger partial charge in [0.15, 0.2) is 0 Å². The first kappa shape index (κ1) is 12.0. The van der Waals surface area contributed by atoms with E-state index in [4.69, 9.17) is 5.11 Å². The Morgan fingerprint density at radius 3 is 2.47 bits per heavy atom. The predicted molar refractivity (Wildman–Crippen MR) is 60.7 cm³/mol. The zero-order chi connectivity index (χ0) is 12.5. The third kappa shape index (κ3) is 2.63. The van der Waals surface area contributed by atoms with Crippen LogP contribution in [-0.2, 0) is 16.8 Å². The normalized spacial score (nSPS) is 19.3. The second-order valence-corrected chi connectivity index (χ2v) is 5.49. The number of nitrogens with one attached hydrogen (secondary N) is 1. The predicted octanol–water partition coefficient (Wildman–Crippen LogP) is 0.0348. The molecule has 0 aliphatic carbocycles. The summed E-state index contributed by atoms with van der Waals surface area (Å²) < 4.78 is 26.6. The quantitative estimate of drug-likeness (QED) is 0.799. The average Bonchev–Trinajstić information content (AvgIpc) is 2.59. The average molecular weight is 256 g/mol. The molecule has 1 aromatic rings. The van der Waals surface area contributed by atoms with Crippen molar-refractivity contribution in [1.29, 1.82) is 0 Å². The van der Waals surface area contributed by atoms with E-state index in [9.17, 15) is 13.2 Å². The second kappa shape index (κ2) is 4.44. The lowest BCUT2D eigenvalue weighted by atomic mass is 10.1. The first-order valence-corrected chi connectivity index (χ1v) is 6.50. The van der Waals surface area contributed by atoms with Crippen molar-refractivity contribution in [2.24, 2.45) is 0 Å². The molecule has 1 fully saturated rings. The number of hydrogen-bond acceptors (Lipinski definition) is 3. The van der Waals surface area contributed by atoms with Gasteiger partial charge in [0.2, 0.25) is 0 Å². The monoisotopic (exact) mass is 256 g/mol. The van der Waals surface area contributed by atoms with Crippen LogP contribution in [0.4, 0.5) is 0 Å². The molecule has 0 radical (unpaired) electrons. The molecule has 1 saturated heterocycles.